The van der Waals surface area contributed by atoms with Crippen LogP contribution in [-0.2, 0) is 9.53 Å². The van der Waals surface area contributed by atoms with E-state index in [4.69, 9.17) is 4.74 Å². The van der Waals surface area contributed by atoms with Gasteiger partial charge in [0, 0.05) is 18.9 Å². The van der Waals surface area contributed by atoms with Gasteiger partial charge in [0.15, 0.2) is 0 Å². The molecule has 3 nitrogen and oxygen atoms in total. The van der Waals surface area contributed by atoms with E-state index in [0.717, 1.165) is 24.1 Å². The lowest BCUT2D eigenvalue weighted by molar-refractivity contribution is -0.122. The number of carbonyl (C=O) groups is 1. The molecule has 1 aliphatic rings. The lowest BCUT2D eigenvalue weighted by Gasteiger charge is -2.22. The summed E-state index contributed by atoms with van der Waals surface area (Å²) in [5.74, 6) is 0.963. The molecule has 1 N–H and O–H groups in total. The first-order valence-corrected chi connectivity index (χ1v) is 8.22. The van der Waals surface area contributed by atoms with Gasteiger partial charge in [-0.2, -0.15) is 0 Å². The Morgan fingerprint density at radius 3 is 2.72 bits per heavy atom. The van der Waals surface area contributed by atoms with Gasteiger partial charge in [-0.15, -0.1) is 0 Å². The number of nitrogens with one attached hydrogen (secondary N) is 1. The number of hydrogen-bond acceptors (Lipinski definition) is 2. The van der Waals surface area contributed by atoms with Crippen LogP contribution in [0.5, 0.6) is 0 Å². The highest BCUT2D eigenvalue weighted by atomic mass is 79.9. The van der Waals surface area contributed by atoms with E-state index >= 15 is 0 Å². The molecule has 106 valence electrons. The van der Waals surface area contributed by atoms with Gasteiger partial charge in [0.25, 0.3) is 0 Å². The lowest BCUT2D eigenvalue weighted by atomic mass is 9.86. The average molecular weight is 320 g/mol. The van der Waals surface area contributed by atoms with Crippen LogP contribution in [0.25, 0.3) is 0 Å². The topological polar surface area (TPSA) is 38.3 Å². The van der Waals surface area contributed by atoms with Crippen molar-refractivity contribution in [2.24, 2.45) is 5.92 Å². The molecule has 0 aromatic rings. The van der Waals surface area contributed by atoms with Gasteiger partial charge < -0.3 is 10.1 Å². The van der Waals surface area contributed by atoms with Crippen LogP contribution in [0, 0.1) is 5.92 Å². The molecule has 1 amide bonds. The number of amides is 1. The zero-order valence-corrected chi connectivity index (χ0v) is 13.0. The Hall–Kier alpha value is -0.0900. The molecule has 4 heteroatoms. The third-order valence-corrected chi connectivity index (χ3v) is 4.15. The summed E-state index contributed by atoms with van der Waals surface area (Å²) >= 11 is 3.40. The standard InChI is InChI=1S/C14H26BrNO2/c1-18-11-13(9-10-15)16-14(17)8-7-12-5-3-2-4-6-12/h12-13H,2-11H2,1H3,(H,16,17). The summed E-state index contributed by atoms with van der Waals surface area (Å²) in [5.41, 5.74) is 0. The van der Waals surface area contributed by atoms with Crippen molar-refractivity contribution in [3.05, 3.63) is 0 Å². The molecule has 1 aliphatic carbocycles. The number of hydrogen-bond donors (Lipinski definition) is 1. The normalized spacial score (nSPS) is 18.6. The zero-order chi connectivity index (χ0) is 13.2. The second-order valence-corrected chi connectivity index (χ2v) is 6.03. The predicted octanol–water partition coefficient (Wildman–Crippen LogP) is 3.26. The van der Waals surface area contributed by atoms with Gasteiger partial charge in [-0.25, -0.2) is 0 Å². The van der Waals surface area contributed by atoms with Crippen molar-refractivity contribution in [2.45, 2.75) is 57.4 Å². The van der Waals surface area contributed by atoms with Gasteiger partial charge in [0.05, 0.1) is 12.6 Å². The Morgan fingerprint density at radius 1 is 1.39 bits per heavy atom. The van der Waals surface area contributed by atoms with E-state index in [1.54, 1.807) is 7.11 Å². The minimum atomic E-state index is 0.147. The highest BCUT2D eigenvalue weighted by Gasteiger charge is 2.16. The Kier molecular flexibility index (Phi) is 8.68. The average Bonchev–Trinajstić information content (AvgIpc) is 2.38. The van der Waals surface area contributed by atoms with E-state index in [-0.39, 0.29) is 11.9 Å². The molecule has 0 heterocycles. The summed E-state index contributed by atoms with van der Waals surface area (Å²) in [6.45, 7) is 0.598. The van der Waals surface area contributed by atoms with Crippen molar-refractivity contribution in [1.29, 1.82) is 0 Å². The van der Waals surface area contributed by atoms with Crippen LogP contribution in [0.15, 0.2) is 0 Å². The molecule has 0 aromatic heterocycles. The smallest absolute Gasteiger partial charge is 0.220 e. The first-order chi connectivity index (χ1) is 8.76. The largest absolute Gasteiger partial charge is 0.383 e. The fraction of sp³-hybridized carbons (Fsp3) is 0.929. The molecule has 0 saturated heterocycles. The van der Waals surface area contributed by atoms with Gasteiger partial charge in [-0.1, -0.05) is 48.0 Å². The Bertz CT molecular complexity index is 224. The van der Waals surface area contributed by atoms with E-state index in [1.165, 1.54) is 32.1 Å². The predicted molar refractivity (Wildman–Crippen MR) is 78.0 cm³/mol. The molecule has 1 unspecified atom stereocenters. The summed E-state index contributed by atoms with van der Waals surface area (Å²) < 4.78 is 5.12. The van der Waals surface area contributed by atoms with Gasteiger partial charge in [-0.05, 0) is 18.8 Å². The third-order valence-electron chi connectivity index (χ3n) is 3.69. The second kappa shape index (κ2) is 9.79. The van der Waals surface area contributed by atoms with Crippen LogP contribution in [0.3, 0.4) is 0 Å². The minimum Gasteiger partial charge on any atom is -0.383 e. The van der Waals surface area contributed by atoms with Crippen molar-refractivity contribution >= 4 is 21.8 Å². The van der Waals surface area contributed by atoms with Crippen LogP contribution in [0.2, 0.25) is 0 Å². The molecule has 1 rings (SSSR count). The zero-order valence-electron chi connectivity index (χ0n) is 11.4. The molecule has 1 atom stereocenters. The van der Waals surface area contributed by atoms with Crippen molar-refractivity contribution in [3.8, 4) is 0 Å². The van der Waals surface area contributed by atoms with E-state index in [0.29, 0.717) is 13.0 Å². The number of rotatable bonds is 8. The van der Waals surface area contributed by atoms with Crippen LogP contribution in [-0.4, -0.2) is 31.0 Å². The SMILES string of the molecule is COCC(CCBr)NC(=O)CCC1CCCCC1. The molecule has 0 aromatic carbocycles. The summed E-state index contributed by atoms with van der Waals surface area (Å²) in [7, 11) is 1.68. The van der Waals surface area contributed by atoms with E-state index in [2.05, 4.69) is 21.2 Å². The van der Waals surface area contributed by atoms with E-state index in [1.807, 2.05) is 0 Å². The maximum atomic E-state index is 11.9. The van der Waals surface area contributed by atoms with E-state index < -0.39 is 0 Å². The molecule has 0 bridgehead atoms. The van der Waals surface area contributed by atoms with Crippen molar-refractivity contribution in [1.82, 2.24) is 5.32 Å². The lowest BCUT2D eigenvalue weighted by Crippen LogP contribution is -2.38. The summed E-state index contributed by atoms with van der Waals surface area (Å²) in [5, 5.41) is 3.96. The molecule has 1 fully saturated rings. The highest BCUT2D eigenvalue weighted by Crippen LogP contribution is 2.27. The molecule has 1 saturated carbocycles. The van der Waals surface area contributed by atoms with Crippen LogP contribution >= 0.6 is 15.9 Å². The quantitative estimate of drug-likeness (QED) is 0.697. The fourth-order valence-corrected chi connectivity index (χ4v) is 3.19. The van der Waals surface area contributed by atoms with Crippen LogP contribution in [0.4, 0.5) is 0 Å². The molecule has 0 spiro atoms. The van der Waals surface area contributed by atoms with Crippen molar-refractivity contribution in [2.75, 3.05) is 19.0 Å². The first-order valence-electron chi connectivity index (χ1n) is 7.10. The Labute approximate surface area is 119 Å². The van der Waals surface area contributed by atoms with Gasteiger partial charge in [0.2, 0.25) is 5.91 Å². The molecule has 18 heavy (non-hydrogen) atoms. The molecular weight excluding hydrogens is 294 g/mol. The molecule has 0 aliphatic heterocycles. The van der Waals surface area contributed by atoms with Crippen LogP contribution < -0.4 is 5.32 Å². The third kappa shape index (κ3) is 6.74. The van der Waals surface area contributed by atoms with Crippen LogP contribution in [0.1, 0.15) is 51.4 Å². The molecular formula is C14H26BrNO2. The van der Waals surface area contributed by atoms with E-state index in [9.17, 15) is 4.79 Å². The monoisotopic (exact) mass is 319 g/mol. The summed E-state index contributed by atoms with van der Waals surface area (Å²) in [6.07, 6.45) is 9.36. The number of carbonyl (C=O) groups excluding carboxylic acids is 1. The Balaban J connectivity index is 2.17. The summed E-state index contributed by atoms with van der Waals surface area (Å²) in [4.78, 5) is 11.9. The van der Waals surface area contributed by atoms with Gasteiger partial charge in [-0.3, -0.25) is 4.79 Å². The van der Waals surface area contributed by atoms with Crippen molar-refractivity contribution < 1.29 is 9.53 Å². The van der Waals surface area contributed by atoms with Crippen molar-refractivity contribution in [3.63, 3.8) is 0 Å². The Morgan fingerprint density at radius 2 is 2.11 bits per heavy atom. The first kappa shape index (κ1) is 16.0. The highest BCUT2D eigenvalue weighted by molar-refractivity contribution is 9.09. The van der Waals surface area contributed by atoms with Gasteiger partial charge >= 0.3 is 0 Å². The molecule has 0 radical (unpaired) electrons. The number of alkyl halides is 1. The minimum absolute atomic E-state index is 0.147. The number of halogens is 1. The number of methoxy groups -OCH3 is 1. The maximum absolute atomic E-state index is 11.9. The van der Waals surface area contributed by atoms with Gasteiger partial charge in [0.1, 0.15) is 0 Å². The second-order valence-electron chi connectivity index (χ2n) is 5.24. The summed E-state index contributed by atoms with van der Waals surface area (Å²) in [6, 6.07) is 0.147. The number of ether oxygens (including phenoxy) is 1. The maximum Gasteiger partial charge on any atom is 0.220 e. The fourth-order valence-electron chi connectivity index (χ4n) is 2.64.